The second kappa shape index (κ2) is 4.44. The van der Waals surface area contributed by atoms with Crippen molar-refractivity contribution in [2.75, 3.05) is 11.4 Å². The Kier molecular flexibility index (Phi) is 2.97. The number of hydrogen-bond donors (Lipinski definition) is 1. The molecule has 1 aliphatic heterocycles. The minimum Gasteiger partial charge on any atom is -0.481 e. The van der Waals surface area contributed by atoms with Gasteiger partial charge in [0, 0.05) is 30.8 Å². The van der Waals surface area contributed by atoms with Gasteiger partial charge in [0.05, 0.1) is 10.8 Å². The Morgan fingerprint density at radius 1 is 1.39 bits per heavy atom. The monoisotopic (exact) mass is 250 g/mol. The summed E-state index contributed by atoms with van der Waals surface area (Å²) in [6, 6.07) is 5.47. The lowest BCUT2D eigenvalue weighted by molar-refractivity contribution is -0.384. The number of carboxylic acid groups (broad SMARTS) is 1. The molecule has 1 aromatic rings. The maximum atomic E-state index is 11.6. The van der Waals surface area contributed by atoms with Crippen molar-refractivity contribution in [2.45, 2.75) is 6.42 Å². The van der Waals surface area contributed by atoms with Gasteiger partial charge in [-0.05, 0) is 12.1 Å². The number of nitrogens with zero attached hydrogens (tertiary/aromatic N) is 2. The first-order valence-corrected chi connectivity index (χ1v) is 5.26. The van der Waals surface area contributed by atoms with E-state index in [-0.39, 0.29) is 24.6 Å². The van der Waals surface area contributed by atoms with Crippen LogP contribution in [-0.4, -0.2) is 28.5 Å². The molecule has 0 unspecified atom stereocenters. The Hall–Kier alpha value is -2.44. The van der Waals surface area contributed by atoms with E-state index in [0.717, 1.165) is 0 Å². The number of benzene rings is 1. The molecule has 2 rings (SSSR count). The van der Waals surface area contributed by atoms with Crippen LogP contribution in [-0.2, 0) is 9.59 Å². The van der Waals surface area contributed by atoms with Crippen LogP contribution in [0, 0.1) is 16.0 Å². The molecule has 0 radical (unpaired) electrons. The molecule has 1 saturated heterocycles. The minimum absolute atomic E-state index is 0.0354. The van der Waals surface area contributed by atoms with Gasteiger partial charge >= 0.3 is 5.97 Å². The highest BCUT2D eigenvalue weighted by Crippen LogP contribution is 2.26. The number of nitro benzene ring substituents is 1. The fourth-order valence-electron chi connectivity index (χ4n) is 1.88. The summed E-state index contributed by atoms with van der Waals surface area (Å²) >= 11 is 0. The van der Waals surface area contributed by atoms with Gasteiger partial charge in [0.15, 0.2) is 0 Å². The number of carboxylic acids is 1. The number of amides is 1. The molecule has 0 bridgehead atoms. The fourth-order valence-corrected chi connectivity index (χ4v) is 1.88. The molecule has 1 amide bonds. The van der Waals surface area contributed by atoms with Crippen LogP contribution in [0.2, 0.25) is 0 Å². The van der Waals surface area contributed by atoms with E-state index in [0.29, 0.717) is 5.69 Å². The largest absolute Gasteiger partial charge is 0.481 e. The molecule has 0 aliphatic carbocycles. The number of aliphatic carboxylic acids is 1. The summed E-state index contributed by atoms with van der Waals surface area (Å²) in [5.41, 5.74) is 0.412. The highest BCUT2D eigenvalue weighted by molar-refractivity contribution is 5.99. The maximum absolute atomic E-state index is 11.6. The van der Waals surface area contributed by atoms with Gasteiger partial charge in [0.1, 0.15) is 0 Å². The van der Waals surface area contributed by atoms with Crippen molar-refractivity contribution in [3.8, 4) is 0 Å². The van der Waals surface area contributed by atoms with Gasteiger partial charge in [-0.1, -0.05) is 0 Å². The lowest BCUT2D eigenvalue weighted by Gasteiger charge is -2.15. The SMILES string of the molecule is O=C(O)[C@@H]1CC(=O)N(c2ccc([N+](=O)[O-])cc2)C1. The van der Waals surface area contributed by atoms with Crippen LogP contribution in [0.25, 0.3) is 0 Å². The number of anilines is 1. The number of hydrogen-bond acceptors (Lipinski definition) is 4. The number of rotatable bonds is 3. The van der Waals surface area contributed by atoms with Crippen molar-refractivity contribution in [3.05, 3.63) is 34.4 Å². The Morgan fingerprint density at radius 3 is 2.44 bits per heavy atom. The first kappa shape index (κ1) is 12.0. The van der Waals surface area contributed by atoms with Crippen molar-refractivity contribution in [2.24, 2.45) is 5.92 Å². The van der Waals surface area contributed by atoms with Gasteiger partial charge in [-0.15, -0.1) is 0 Å². The number of non-ortho nitro benzene ring substituents is 1. The molecular formula is C11H10N2O5. The molecule has 0 aromatic heterocycles. The molecule has 7 nitrogen and oxygen atoms in total. The Bertz CT molecular complexity index is 511. The Balaban J connectivity index is 2.19. The predicted molar refractivity (Wildman–Crippen MR) is 61.2 cm³/mol. The van der Waals surface area contributed by atoms with Crippen LogP contribution in [0.15, 0.2) is 24.3 Å². The third-order valence-corrected chi connectivity index (χ3v) is 2.85. The Morgan fingerprint density at radius 2 is 2.00 bits per heavy atom. The zero-order valence-corrected chi connectivity index (χ0v) is 9.28. The van der Waals surface area contributed by atoms with Gasteiger partial charge in [0.2, 0.25) is 5.91 Å². The average molecular weight is 250 g/mol. The highest BCUT2D eigenvalue weighted by Gasteiger charge is 2.35. The lowest BCUT2D eigenvalue weighted by Crippen LogP contribution is -2.25. The zero-order valence-electron chi connectivity index (χ0n) is 9.28. The van der Waals surface area contributed by atoms with Crippen molar-refractivity contribution >= 4 is 23.3 Å². The third kappa shape index (κ3) is 2.15. The van der Waals surface area contributed by atoms with E-state index in [1.165, 1.54) is 29.2 Å². The van der Waals surface area contributed by atoms with Crippen LogP contribution in [0.5, 0.6) is 0 Å². The van der Waals surface area contributed by atoms with Gasteiger partial charge in [-0.3, -0.25) is 19.7 Å². The third-order valence-electron chi connectivity index (χ3n) is 2.85. The first-order valence-electron chi connectivity index (χ1n) is 5.26. The van der Waals surface area contributed by atoms with Crippen molar-refractivity contribution < 1.29 is 19.6 Å². The number of carbonyl (C=O) groups is 2. The number of carbonyl (C=O) groups excluding carboxylic acids is 1. The van der Waals surface area contributed by atoms with E-state index >= 15 is 0 Å². The molecule has 18 heavy (non-hydrogen) atoms. The van der Waals surface area contributed by atoms with E-state index in [9.17, 15) is 19.7 Å². The molecule has 0 saturated carbocycles. The summed E-state index contributed by atoms with van der Waals surface area (Å²) in [6.07, 6.45) is -0.0354. The minimum atomic E-state index is -1.01. The second-order valence-corrected chi connectivity index (χ2v) is 4.02. The van der Waals surface area contributed by atoms with Gasteiger partial charge in [-0.2, -0.15) is 0 Å². The summed E-state index contributed by atoms with van der Waals surface area (Å²) in [6.45, 7) is 0.103. The standard InChI is InChI=1S/C11H10N2O5/c14-10-5-7(11(15)16)6-12(10)8-1-3-9(4-2-8)13(17)18/h1-4,7H,5-6H2,(H,15,16)/t7-/m1/s1. The van der Waals surface area contributed by atoms with Crippen molar-refractivity contribution in [1.29, 1.82) is 0 Å². The molecule has 1 heterocycles. The highest BCUT2D eigenvalue weighted by atomic mass is 16.6. The molecule has 1 fully saturated rings. The molecule has 1 atom stereocenters. The molecule has 1 aliphatic rings. The van der Waals surface area contributed by atoms with E-state index in [1.54, 1.807) is 0 Å². The predicted octanol–water partition coefficient (Wildman–Crippen LogP) is 1.03. The maximum Gasteiger partial charge on any atom is 0.308 e. The normalized spacial score (nSPS) is 19.0. The average Bonchev–Trinajstić information content (AvgIpc) is 2.71. The second-order valence-electron chi connectivity index (χ2n) is 4.02. The summed E-state index contributed by atoms with van der Waals surface area (Å²) in [4.78, 5) is 33.7. The molecule has 7 heteroatoms. The molecule has 1 aromatic carbocycles. The molecule has 1 N–H and O–H groups in total. The fraction of sp³-hybridized carbons (Fsp3) is 0.273. The summed E-state index contributed by atoms with van der Waals surface area (Å²) in [5, 5.41) is 19.3. The molecule has 94 valence electrons. The van der Waals surface area contributed by atoms with E-state index in [1.807, 2.05) is 0 Å². The van der Waals surface area contributed by atoms with Crippen LogP contribution in [0.4, 0.5) is 11.4 Å². The summed E-state index contributed by atoms with van der Waals surface area (Å²) in [7, 11) is 0. The van der Waals surface area contributed by atoms with Crippen LogP contribution < -0.4 is 4.90 Å². The van der Waals surface area contributed by atoms with E-state index in [4.69, 9.17) is 5.11 Å². The summed E-state index contributed by atoms with van der Waals surface area (Å²) in [5.74, 6) is -2.00. The topological polar surface area (TPSA) is 101 Å². The van der Waals surface area contributed by atoms with Crippen molar-refractivity contribution in [1.82, 2.24) is 0 Å². The van der Waals surface area contributed by atoms with E-state index in [2.05, 4.69) is 0 Å². The van der Waals surface area contributed by atoms with Crippen LogP contribution >= 0.6 is 0 Å². The molecular weight excluding hydrogens is 240 g/mol. The summed E-state index contributed by atoms with van der Waals surface area (Å²) < 4.78 is 0. The number of nitro groups is 1. The van der Waals surface area contributed by atoms with Gasteiger partial charge in [-0.25, -0.2) is 0 Å². The Labute approximate surface area is 102 Å². The smallest absolute Gasteiger partial charge is 0.308 e. The first-order chi connectivity index (χ1) is 8.49. The van der Waals surface area contributed by atoms with Crippen LogP contribution in [0.1, 0.15) is 6.42 Å². The van der Waals surface area contributed by atoms with Gasteiger partial charge in [0.25, 0.3) is 5.69 Å². The van der Waals surface area contributed by atoms with Gasteiger partial charge < -0.3 is 10.0 Å². The van der Waals surface area contributed by atoms with Crippen LogP contribution in [0.3, 0.4) is 0 Å². The van der Waals surface area contributed by atoms with E-state index < -0.39 is 16.8 Å². The quantitative estimate of drug-likeness (QED) is 0.637. The molecule has 0 spiro atoms. The zero-order chi connectivity index (χ0) is 13.3. The van der Waals surface area contributed by atoms with Crippen molar-refractivity contribution in [3.63, 3.8) is 0 Å². The lowest BCUT2D eigenvalue weighted by atomic mass is 10.1.